The Labute approximate surface area is 123 Å². The van der Waals surface area contributed by atoms with Gasteiger partial charge in [0.1, 0.15) is 0 Å². The minimum Gasteiger partial charge on any atom is -0.244 e. The molecule has 0 amide bonds. The Hall–Kier alpha value is -1.24. The maximum atomic E-state index is 11.6. The maximum Gasteiger partial charge on any atom is 0.211 e. The van der Waals surface area contributed by atoms with E-state index in [1.165, 1.54) is 0 Å². The summed E-state index contributed by atoms with van der Waals surface area (Å²) in [5.74, 6) is 0.182. The van der Waals surface area contributed by atoms with Crippen LogP contribution >= 0.6 is 11.3 Å². The Balaban J connectivity index is 2.00. The van der Waals surface area contributed by atoms with Gasteiger partial charge in [-0.3, -0.25) is 0 Å². The molecule has 0 aliphatic carbocycles. The van der Waals surface area contributed by atoms with Gasteiger partial charge < -0.3 is 0 Å². The van der Waals surface area contributed by atoms with Gasteiger partial charge in [0.15, 0.2) is 0 Å². The van der Waals surface area contributed by atoms with Gasteiger partial charge in [-0.1, -0.05) is 37.3 Å². The van der Waals surface area contributed by atoms with Crippen molar-refractivity contribution in [1.29, 1.82) is 0 Å². The zero-order chi connectivity index (χ0) is 14.4. The molecule has 0 saturated carbocycles. The van der Waals surface area contributed by atoms with Crippen LogP contribution in [0, 0.1) is 0 Å². The van der Waals surface area contributed by atoms with Gasteiger partial charge in [-0.25, -0.2) is 18.1 Å². The third-order valence-electron chi connectivity index (χ3n) is 2.84. The van der Waals surface area contributed by atoms with Crippen LogP contribution in [-0.4, -0.2) is 25.7 Å². The van der Waals surface area contributed by atoms with Crippen molar-refractivity contribution in [3.8, 4) is 11.3 Å². The molecule has 0 saturated heterocycles. The second-order valence-corrected chi connectivity index (χ2v) is 7.32. The van der Waals surface area contributed by atoms with Crippen LogP contribution in [-0.2, 0) is 16.4 Å². The van der Waals surface area contributed by atoms with Crippen LogP contribution in [0.25, 0.3) is 11.3 Å². The fraction of sp³-hybridized carbons (Fsp3) is 0.357. The number of sulfonamides is 1. The van der Waals surface area contributed by atoms with Crippen molar-refractivity contribution in [3.63, 3.8) is 0 Å². The van der Waals surface area contributed by atoms with Gasteiger partial charge >= 0.3 is 0 Å². The third kappa shape index (κ3) is 4.13. The highest BCUT2D eigenvalue weighted by atomic mass is 32.2. The van der Waals surface area contributed by atoms with Gasteiger partial charge in [0, 0.05) is 17.0 Å². The normalized spacial score (nSPS) is 11.7. The average Bonchev–Trinajstić information content (AvgIpc) is 2.88. The molecule has 1 aromatic heterocycles. The van der Waals surface area contributed by atoms with Crippen molar-refractivity contribution in [2.24, 2.45) is 0 Å². The predicted molar refractivity (Wildman–Crippen MR) is 83.3 cm³/mol. The molecule has 108 valence electrons. The first-order valence-corrected chi connectivity index (χ1v) is 9.10. The lowest BCUT2D eigenvalue weighted by atomic mass is 10.1. The van der Waals surface area contributed by atoms with Gasteiger partial charge in [0.2, 0.25) is 10.0 Å². The SMILES string of the molecule is CCCS(=O)(=O)NCCc1scnc1-c1ccccc1. The van der Waals surface area contributed by atoms with Crippen molar-refractivity contribution in [2.75, 3.05) is 12.3 Å². The summed E-state index contributed by atoms with van der Waals surface area (Å²) < 4.78 is 25.8. The lowest BCUT2D eigenvalue weighted by Gasteiger charge is -2.05. The predicted octanol–water partition coefficient (Wildman–Crippen LogP) is 2.68. The summed E-state index contributed by atoms with van der Waals surface area (Å²) >= 11 is 1.56. The summed E-state index contributed by atoms with van der Waals surface area (Å²) in [6, 6.07) is 9.94. The van der Waals surface area contributed by atoms with Crippen LogP contribution in [0.3, 0.4) is 0 Å². The molecule has 0 radical (unpaired) electrons. The van der Waals surface area contributed by atoms with Crippen molar-refractivity contribution in [2.45, 2.75) is 19.8 Å². The largest absolute Gasteiger partial charge is 0.244 e. The molecule has 20 heavy (non-hydrogen) atoms. The summed E-state index contributed by atoms with van der Waals surface area (Å²) in [7, 11) is -3.13. The molecule has 1 aromatic carbocycles. The zero-order valence-corrected chi connectivity index (χ0v) is 13.0. The molecule has 4 nitrogen and oxygen atoms in total. The molecule has 1 N–H and O–H groups in total. The highest BCUT2D eigenvalue weighted by Crippen LogP contribution is 2.25. The van der Waals surface area contributed by atoms with Crippen molar-refractivity contribution in [1.82, 2.24) is 9.71 Å². The summed E-state index contributed by atoms with van der Waals surface area (Å²) in [5.41, 5.74) is 3.82. The summed E-state index contributed by atoms with van der Waals surface area (Å²) in [5, 5.41) is 0. The summed E-state index contributed by atoms with van der Waals surface area (Å²) in [6.07, 6.45) is 1.29. The van der Waals surface area contributed by atoms with Crippen molar-refractivity contribution < 1.29 is 8.42 Å². The van der Waals surface area contributed by atoms with E-state index >= 15 is 0 Å². The Morgan fingerprint density at radius 2 is 2.00 bits per heavy atom. The fourth-order valence-corrected chi connectivity index (χ4v) is 3.82. The van der Waals surface area contributed by atoms with Gasteiger partial charge in [0.05, 0.1) is 17.0 Å². The minimum absolute atomic E-state index is 0.182. The van der Waals surface area contributed by atoms with E-state index in [0.29, 0.717) is 19.4 Å². The molecular weight excluding hydrogens is 292 g/mol. The number of nitrogens with zero attached hydrogens (tertiary/aromatic N) is 1. The van der Waals surface area contributed by atoms with Gasteiger partial charge in [-0.15, -0.1) is 11.3 Å². The Morgan fingerprint density at radius 1 is 1.25 bits per heavy atom. The first-order chi connectivity index (χ1) is 9.62. The highest BCUT2D eigenvalue weighted by Gasteiger charge is 2.11. The van der Waals surface area contributed by atoms with Crippen LogP contribution in [0.4, 0.5) is 0 Å². The first kappa shape index (κ1) is 15.2. The van der Waals surface area contributed by atoms with Crippen LogP contribution in [0.15, 0.2) is 35.8 Å². The molecule has 0 fully saturated rings. The van der Waals surface area contributed by atoms with Crippen molar-refractivity contribution >= 4 is 21.4 Å². The standard InChI is InChI=1S/C14H18N2O2S2/c1-2-10-20(17,18)16-9-8-13-14(15-11-19-13)12-6-4-3-5-7-12/h3-7,11,16H,2,8-10H2,1H3. The van der Waals surface area contributed by atoms with Crippen LogP contribution in [0.5, 0.6) is 0 Å². The van der Waals surface area contributed by atoms with E-state index in [9.17, 15) is 8.42 Å². The fourth-order valence-electron chi connectivity index (χ4n) is 1.94. The number of thiazole rings is 1. The average molecular weight is 310 g/mol. The topological polar surface area (TPSA) is 59.1 Å². The molecule has 2 aromatic rings. The molecule has 0 aliphatic heterocycles. The van der Waals surface area contributed by atoms with Crippen molar-refractivity contribution in [3.05, 3.63) is 40.7 Å². The van der Waals surface area contributed by atoms with Gasteiger partial charge in [-0.2, -0.15) is 0 Å². The van der Waals surface area contributed by atoms with E-state index in [0.717, 1.165) is 16.1 Å². The quantitative estimate of drug-likeness (QED) is 0.855. The van der Waals surface area contributed by atoms with Crippen LogP contribution < -0.4 is 4.72 Å². The first-order valence-electron chi connectivity index (χ1n) is 6.57. The second-order valence-electron chi connectivity index (χ2n) is 4.45. The van der Waals surface area contributed by atoms with E-state index in [-0.39, 0.29) is 5.75 Å². The third-order valence-corrected chi connectivity index (χ3v) is 5.32. The number of aromatic nitrogens is 1. The number of rotatable bonds is 7. The molecule has 0 aliphatic rings. The van der Waals surface area contributed by atoms with Crippen LogP contribution in [0.2, 0.25) is 0 Å². The van der Waals surface area contributed by atoms with E-state index in [1.807, 2.05) is 37.3 Å². The molecule has 0 bridgehead atoms. The lowest BCUT2D eigenvalue weighted by molar-refractivity contribution is 0.580. The maximum absolute atomic E-state index is 11.6. The van der Waals surface area contributed by atoms with E-state index in [2.05, 4.69) is 9.71 Å². The monoisotopic (exact) mass is 310 g/mol. The molecule has 2 rings (SSSR count). The van der Waals surface area contributed by atoms with Gasteiger partial charge in [0.25, 0.3) is 0 Å². The second kappa shape index (κ2) is 6.97. The van der Waals surface area contributed by atoms with Crippen LogP contribution in [0.1, 0.15) is 18.2 Å². The smallest absolute Gasteiger partial charge is 0.211 e. The van der Waals surface area contributed by atoms with E-state index in [4.69, 9.17) is 0 Å². The molecule has 0 atom stereocenters. The Kier molecular flexibility index (Phi) is 5.28. The Morgan fingerprint density at radius 3 is 2.70 bits per heavy atom. The Bertz CT molecular complexity index is 636. The van der Waals surface area contributed by atoms with E-state index < -0.39 is 10.0 Å². The molecule has 0 spiro atoms. The lowest BCUT2D eigenvalue weighted by Crippen LogP contribution is -2.28. The number of nitrogens with one attached hydrogen (secondary N) is 1. The van der Waals surface area contributed by atoms with E-state index in [1.54, 1.807) is 16.8 Å². The summed E-state index contributed by atoms with van der Waals surface area (Å²) in [4.78, 5) is 5.49. The molecule has 6 heteroatoms. The minimum atomic E-state index is -3.13. The van der Waals surface area contributed by atoms with Gasteiger partial charge in [-0.05, 0) is 12.8 Å². The molecular formula is C14H18N2O2S2. The zero-order valence-electron chi connectivity index (χ0n) is 11.4. The molecule has 0 unspecified atom stereocenters. The number of benzene rings is 1. The molecule has 1 heterocycles. The highest BCUT2D eigenvalue weighted by molar-refractivity contribution is 7.89. The summed E-state index contributed by atoms with van der Waals surface area (Å²) in [6.45, 7) is 2.28. The number of hydrogen-bond acceptors (Lipinski definition) is 4. The number of hydrogen-bond donors (Lipinski definition) is 1.